The summed E-state index contributed by atoms with van der Waals surface area (Å²) in [5.74, 6) is 3.27. The van der Waals surface area contributed by atoms with Gasteiger partial charge in [0.2, 0.25) is 6.79 Å². The lowest BCUT2D eigenvalue weighted by atomic mass is 9.96. The van der Waals surface area contributed by atoms with Crippen LogP contribution in [0.4, 0.5) is 0 Å². The highest BCUT2D eigenvalue weighted by molar-refractivity contribution is 5.83. The van der Waals surface area contributed by atoms with Gasteiger partial charge < -0.3 is 18.9 Å². The van der Waals surface area contributed by atoms with Gasteiger partial charge in [0.05, 0.1) is 12.2 Å². The van der Waals surface area contributed by atoms with Crippen LogP contribution in [-0.2, 0) is 6.42 Å². The molecule has 23 heavy (non-hydrogen) atoms. The van der Waals surface area contributed by atoms with Crippen molar-refractivity contribution in [3.8, 4) is 34.1 Å². The van der Waals surface area contributed by atoms with Crippen molar-refractivity contribution in [1.82, 2.24) is 0 Å². The fourth-order valence-electron chi connectivity index (χ4n) is 3.08. The molecule has 0 aliphatic carbocycles. The molecule has 2 aromatic carbocycles. The average Bonchev–Trinajstić information content (AvgIpc) is 3.13. The van der Waals surface area contributed by atoms with E-state index >= 15 is 0 Å². The van der Waals surface area contributed by atoms with E-state index in [0.717, 1.165) is 40.5 Å². The Hall–Kier alpha value is -2.36. The minimum Gasteiger partial charge on any atom is -0.493 e. The molecule has 0 bridgehead atoms. The number of benzene rings is 2. The Morgan fingerprint density at radius 2 is 1.83 bits per heavy atom. The lowest BCUT2D eigenvalue weighted by Crippen LogP contribution is -2.23. The van der Waals surface area contributed by atoms with Crippen LogP contribution in [0.15, 0.2) is 30.3 Å². The predicted molar refractivity (Wildman–Crippen MR) is 87.6 cm³/mol. The summed E-state index contributed by atoms with van der Waals surface area (Å²) in [7, 11) is 0. The third-order valence-electron chi connectivity index (χ3n) is 3.93. The van der Waals surface area contributed by atoms with Crippen molar-refractivity contribution >= 4 is 0 Å². The summed E-state index contributed by atoms with van der Waals surface area (Å²) in [5.41, 5.74) is 2.96. The summed E-state index contributed by atoms with van der Waals surface area (Å²) >= 11 is 0. The number of hydrogen-bond acceptors (Lipinski definition) is 4. The Kier molecular flexibility index (Phi) is 3.15. The Morgan fingerprint density at radius 1 is 0.957 bits per heavy atom. The molecular formula is C19H20O4. The Labute approximate surface area is 135 Å². The van der Waals surface area contributed by atoms with Gasteiger partial charge in [0.25, 0.3) is 0 Å². The first-order valence-electron chi connectivity index (χ1n) is 7.89. The fourth-order valence-corrected chi connectivity index (χ4v) is 3.08. The van der Waals surface area contributed by atoms with Gasteiger partial charge >= 0.3 is 0 Å². The van der Waals surface area contributed by atoms with Gasteiger partial charge in [-0.15, -0.1) is 0 Å². The van der Waals surface area contributed by atoms with Gasteiger partial charge in [-0.3, -0.25) is 0 Å². The molecule has 120 valence electrons. The number of rotatable bonds is 2. The lowest BCUT2D eigenvalue weighted by Gasteiger charge is -2.24. The molecule has 0 N–H and O–H groups in total. The molecule has 0 amide bonds. The summed E-state index contributed by atoms with van der Waals surface area (Å²) in [4.78, 5) is 0. The summed E-state index contributed by atoms with van der Waals surface area (Å²) in [5, 5.41) is 0. The van der Waals surface area contributed by atoms with Gasteiger partial charge in [-0.1, -0.05) is 12.1 Å². The largest absolute Gasteiger partial charge is 0.493 e. The summed E-state index contributed by atoms with van der Waals surface area (Å²) in [6, 6.07) is 9.99. The van der Waals surface area contributed by atoms with Gasteiger partial charge in [-0.2, -0.15) is 0 Å². The SMILES string of the molecule is CC(C)(C)Oc1ccc2c(c1-c1cccc3c1CCO3)OCO2. The smallest absolute Gasteiger partial charge is 0.231 e. The topological polar surface area (TPSA) is 36.9 Å². The minimum absolute atomic E-state index is 0.243. The van der Waals surface area contributed by atoms with Crippen LogP contribution < -0.4 is 18.9 Å². The first-order chi connectivity index (χ1) is 11.0. The summed E-state index contributed by atoms with van der Waals surface area (Å²) in [6.07, 6.45) is 0.894. The lowest BCUT2D eigenvalue weighted by molar-refractivity contribution is 0.131. The predicted octanol–water partition coefficient (Wildman–Crippen LogP) is 4.19. The maximum absolute atomic E-state index is 6.20. The third-order valence-corrected chi connectivity index (χ3v) is 3.93. The molecule has 2 aromatic rings. The number of ether oxygens (including phenoxy) is 4. The van der Waals surface area contributed by atoms with Gasteiger partial charge in [0.15, 0.2) is 11.5 Å². The van der Waals surface area contributed by atoms with E-state index in [4.69, 9.17) is 18.9 Å². The number of hydrogen-bond donors (Lipinski definition) is 0. The number of fused-ring (bicyclic) bond motifs is 2. The van der Waals surface area contributed by atoms with Crippen LogP contribution in [0.1, 0.15) is 26.3 Å². The van der Waals surface area contributed by atoms with Gasteiger partial charge in [0.1, 0.15) is 17.1 Å². The van der Waals surface area contributed by atoms with E-state index in [1.54, 1.807) is 0 Å². The maximum atomic E-state index is 6.20. The van der Waals surface area contributed by atoms with Gasteiger partial charge in [0, 0.05) is 12.0 Å². The van der Waals surface area contributed by atoms with Crippen LogP contribution in [0.2, 0.25) is 0 Å². The standard InChI is InChI=1S/C19H20O4/c1-19(2,3)23-15-7-8-16-18(22-11-21-16)17(15)13-5-4-6-14-12(13)9-10-20-14/h4-8H,9-11H2,1-3H3. The quantitative estimate of drug-likeness (QED) is 0.833. The van der Waals surface area contributed by atoms with E-state index in [0.29, 0.717) is 6.61 Å². The summed E-state index contributed by atoms with van der Waals surface area (Å²) < 4.78 is 23.2. The van der Waals surface area contributed by atoms with Gasteiger partial charge in [-0.25, -0.2) is 0 Å². The molecule has 0 fully saturated rings. The van der Waals surface area contributed by atoms with E-state index < -0.39 is 0 Å². The highest BCUT2D eigenvalue weighted by Crippen LogP contribution is 2.50. The molecule has 4 rings (SSSR count). The highest BCUT2D eigenvalue weighted by atomic mass is 16.7. The van der Waals surface area contributed by atoms with E-state index in [2.05, 4.69) is 6.07 Å². The summed E-state index contributed by atoms with van der Waals surface area (Å²) in [6.45, 7) is 7.08. The molecule has 2 aliphatic rings. The second-order valence-electron chi connectivity index (χ2n) is 6.77. The molecule has 0 unspecified atom stereocenters. The van der Waals surface area contributed by atoms with Crippen LogP contribution in [-0.4, -0.2) is 19.0 Å². The Morgan fingerprint density at radius 3 is 2.65 bits per heavy atom. The zero-order chi connectivity index (χ0) is 16.0. The van der Waals surface area contributed by atoms with Crippen molar-refractivity contribution in [3.63, 3.8) is 0 Å². The van der Waals surface area contributed by atoms with E-state index in [9.17, 15) is 0 Å². The monoisotopic (exact) mass is 312 g/mol. The molecule has 4 nitrogen and oxygen atoms in total. The van der Waals surface area contributed by atoms with Crippen molar-refractivity contribution in [2.75, 3.05) is 13.4 Å². The molecule has 0 spiro atoms. The molecule has 0 aromatic heterocycles. The third kappa shape index (κ3) is 2.48. The van der Waals surface area contributed by atoms with Crippen LogP contribution in [0.5, 0.6) is 23.0 Å². The molecule has 0 saturated heterocycles. The van der Waals surface area contributed by atoms with Crippen molar-refractivity contribution in [3.05, 3.63) is 35.9 Å². The van der Waals surface area contributed by atoms with Crippen LogP contribution in [0.3, 0.4) is 0 Å². The highest BCUT2D eigenvalue weighted by Gasteiger charge is 2.28. The first kappa shape index (κ1) is 14.2. The van der Waals surface area contributed by atoms with E-state index in [-0.39, 0.29) is 12.4 Å². The fraction of sp³-hybridized carbons (Fsp3) is 0.368. The molecule has 2 heterocycles. The molecule has 2 aliphatic heterocycles. The van der Waals surface area contributed by atoms with Crippen LogP contribution in [0.25, 0.3) is 11.1 Å². The average molecular weight is 312 g/mol. The zero-order valence-corrected chi connectivity index (χ0v) is 13.6. The zero-order valence-electron chi connectivity index (χ0n) is 13.6. The van der Waals surface area contributed by atoms with E-state index in [1.165, 1.54) is 5.56 Å². The van der Waals surface area contributed by atoms with Crippen molar-refractivity contribution in [2.24, 2.45) is 0 Å². The molecular weight excluding hydrogens is 292 g/mol. The Balaban J connectivity index is 1.93. The molecule has 0 atom stereocenters. The van der Waals surface area contributed by atoms with Crippen LogP contribution in [0, 0.1) is 0 Å². The molecule has 0 radical (unpaired) electrons. The maximum Gasteiger partial charge on any atom is 0.231 e. The Bertz CT molecular complexity index is 759. The second-order valence-corrected chi connectivity index (χ2v) is 6.77. The van der Waals surface area contributed by atoms with E-state index in [1.807, 2.05) is 45.0 Å². The van der Waals surface area contributed by atoms with Crippen molar-refractivity contribution in [2.45, 2.75) is 32.8 Å². The van der Waals surface area contributed by atoms with Crippen LogP contribution >= 0.6 is 0 Å². The second kappa shape index (κ2) is 5.08. The minimum atomic E-state index is -0.295. The molecule has 0 saturated carbocycles. The normalized spacial score (nSPS) is 15.3. The molecule has 4 heteroatoms. The first-order valence-corrected chi connectivity index (χ1v) is 7.89. The van der Waals surface area contributed by atoms with Crippen molar-refractivity contribution in [1.29, 1.82) is 0 Å². The van der Waals surface area contributed by atoms with Crippen molar-refractivity contribution < 1.29 is 18.9 Å². The van der Waals surface area contributed by atoms with Gasteiger partial charge in [-0.05, 0) is 44.5 Å².